The van der Waals surface area contributed by atoms with E-state index in [1.807, 2.05) is 0 Å². The third-order valence-corrected chi connectivity index (χ3v) is 4.20. The quantitative estimate of drug-likeness (QED) is 0.883. The van der Waals surface area contributed by atoms with E-state index < -0.39 is 0 Å². The maximum absolute atomic E-state index is 4.79. The van der Waals surface area contributed by atoms with Crippen LogP contribution in [-0.2, 0) is 12.8 Å². The zero-order valence-corrected chi connectivity index (χ0v) is 12.2. The van der Waals surface area contributed by atoms with Crippen LogP contribution in [0.5, 0.6) is 0 Å². The van der Waals surface area contributed by atoms with Crippen molar-refractivity contribution in [3.05, 3.63) is 23.3 Å². The smallest absolute Gasteiger partial charge is 0.131 e. The molecule has 0 aliphatic heterocycles. The van der Waals surface area contributed by atoms with Crippen LogP contribution < -0.4 is 5.32 Å². The van der Waals surface area contributed by atoms with Crippen molar-refractivity contribution in [3.63, 3.8) is 0 Å². The standard InChI is InChI=1S/C16H25N3/c1-11(2)8-17-9-12-3-6-15-14(7-12)10-18-16(19-15)13-4-5-13/h10-13,17H,3-9H2,1-2H3. The second-order valence-electron chi connectivity index (χ2n) is 6.64. The highest BCUT2D eigenvalue weighted by Crippen LogP contribution is 2.38. The Balaban J connectivity index is 1.57. The van der Waals surface area contributed by atoms with Gasteiger partial charge in [0.15, 0.2) is 0 Å². The van der Waals surface area contributed by atoms with Gasteiger partial charge in [-0.1, -0.05) is 13.8 Å². The monoisotopic (exact) mass is 259 g/mol. The molecule has 1 saturated carbocycles. The van der Waals surface area contributed by atoms with Gasteiger partial charge in [0.05, 0.1) is 0 Å². The lowest BCUT2D eigenvalue weighted by Crippen LogP contribution is -2.30. The number of fused-ring (bicyclic) bond motifs is 1. The predicted molar refractivity (Wildman–Crippen MR) is 77.2 cm³/mol. The Morgan fingerprint density at radius 2 is 2.16 bits per heavy atom. The van der Waals surface area contributed by atoms with Crippen LogP contribution in [0.4, 0.5) is 0 Å². The number of nitrogens with zero attached hydrogens (tertiary/aromatic N) is 2. The first-order chi connectivity index (χ1) is 9.22. The number of aryl methyl sites for hydroxylation is 1. The zero-order chi connectivity index (χ0) is 13.2. The SMILES string of the molecule is CC(C)CNCC1CCc2nc(C3CC3)ncc2C1. The Hall–Kier alpha value is -0.960. The second-order valence-corrected chi connectivity index (χ2v) is 6.64. The van der Waals surface area contributed by atoms with Crippen molar-refractivity contribution in [2.45, 2.75) is 51.9 Å². The summed E-state index contributed by atoms with van der Waals surface area (Å²) in [6.45, 7) is 6.79. The molecule has 1 fully saturated rings. The van der Waals surface area contributed by atoms with Crippen LogP contribution in [0.2, 0.25) is 0 Å². The zero-order valence-electron chi connectivity index (χ0n) is 12.2. The van der Waals surface area contributed by atoms with Crippen LogP contribution in [0.1, 0.15) is 56.1 Å². The van der Waals surface area contributed by atoms with E-state index in [4.69, 9.17) is 4.98 Å². The molecule has 2 aliphatic rings. The van der Waals surface area contributed by atoms with E-state index in [1.54, 1.807) is 0 Å². The van der Waals surface area contributed by atoms with Crippen molar-refractivity contribution in [2.24, 2.45) is 11.8 Å². The molecule has 3 rings (SSSR count). The van der Waals surface area contributed by atoms with E-state index in [1.165, 1.54) is 30.5 Å². The molecule has 1 atom stereocenters. The Morgan fingerprint density at radius 1 is 1.32 bits per heavy atom. The lowest BCUT2D eigenvalue weighted by molar-refractivity contribution is 0.405. The third kappa shape index (κ3) is 3.33. The topological polar surface area (TPSA) is 37.8 Å². The van der Waals surface area contributed by atoms with Gasteiger partial charge in [0.2, 0.25) is 0 Å². The lowest BCUT2D eigenvalue weighted by Gasteiger charge is -2.24. The molecule has 1 unspecified atom stereocenters. The van der Waals surface area contributed by atoms with Gasteiger partial charge >= 0.3 is 0 Å². The normalized spacial score (nSPS) is 22.6. The molecule has 0 radical (unpaired) electrons. The lowest BCUT2D eigenvalue weighted by atomic mass is 9.87. The average Bonchev–Trinajstić information content (AvgIpc) is 3.22. The summed E-state index contributed by atoms with van der Waals surface area (Å²) in [5.74, 6) is 3.28. The van der Waals surface area contributed by atoms with Crippen LogP contribution in [0.3, 0.4) is 0 Å². The number of aromatic nitrogens is 2. The van der Waals surface area contributed by atoms with Crippen molar-refractivity contribution < 1.29 is 0 Å². The molecule has 104 valence electrons. The summed E-state index contributed by atoms with van der Waals surface area (Å²) in [7, 11) is 0. The Labute approximate surface area is 116 Å². The van der Waals surface area contributed by atoms with Crippen LogP contribution in [0.15, 0.2) is 6.20 Å². The minimum atomic E-state index is 0.677. The molecule has 1 N–H and O–H groups in total. The Kier molecular flexibility index (Phi) is 3.83. The Bertz CT molecular complexity index is 438. The summed E-state index contributed by atoms with van der Waals surface area (Å²) < 4.78 is 0. The van der Waals surface area contributed by atoms with Gasteiger partial charge in [-0.3, -0.25) is 0 Å². The summed E-state index contributed by atoms with van der Waals surface area (Å²) in [4.78, 5) is 9.35. The fourth-order valence-electron chi connectivity index (χ4n) is 2.89. The Morgan fingerprint density at radius 3 is 2.89 bits per heavy atom. The van der Waals surface area contributed by atoms with Gasteiger partial charge in [-0.25, -0.2) is 9.97 Å². The molecule has 2 aliphatic carbocycles. The third-order valence-electron chi connectivity index (χ3n) is 4.20. The van der Waals surface area contributed by atoms with Crippen molar-refractivity contribution in [1.29, 1.82) is 0 Å². The minimum Gasteiger partial charge on any atom is -0.316 e. The molecule has 1 aromatic rings. The van der Waals surface area contributed by atoms with E-state index in [-0.39, 0.29) is 0 Å². The largest absolute Gasteiger partial charge is 0.316 e. The molecule has 1 aromatic heterocycles. The summed E-state index contributed by atoms with van der Waals surface area (Å²) in [5.41, 5.74) is 2.73. The number of rotatable bonds is 5. The highest BCUT2D eigenvalue weighted by atomic mass is 14.9. The minimum absolute atomic E-state index is 0.677. The van der Waals surface area contributed by atoms with Gasteiger partial charge in [-0.15, -0.1) is 0 Å². The van der Waals surface area contributed by atoms with Crippen LogP contribution in [-0.4, -0.2) is 23.1 Å². The first-order valence-electron chi connectivity index (χ1n) is 7.77. The maximum Gasteiger partial charge on any atom is 0.131 e. The highest BCUT2D eigenvalue weighted by molar-refractivity contribution is 5.23. The van der Waals surface area contributed by atoms with Crippen molar-refractivity contribution in [2.75, 3.05) is 13.1 Å². The molecular weight excluding hydrogens is 234 g/mol. The summed E-state index contributed by atoms with van der Waals surface area (Å²) >= 11 is 0. The van der Waals surface area contributed by atoms with Crippen molar-refractivity contribution >= 4 is 0 Å². The van der Waals surface area contributed by atoms with E-state index in [0.717, 1.165) is 43.6 Å². The number of nitrogens with one attached hydrogen (secondary N) is 1. The molecule has 0 spiro atoms. The average molecular weight is 259 g/mol. The van der Waals surface area contributed by atoms with Crippen molar-refractivity contribution in [3.8, 4) is 0 Å². The molecular formula is C16H25N3. The van der Waals surface area contributed by atoms with Crippen LogP contribution >= 0.6 is 0 Å². The molecule has 19 heavy (non-hydrogen) atoms. The number of hydrogen-bond acceptors (Lipinski definition) is 3. The first kappa shape index (κ1) is 13.0. The molecule has 3 nitrogen and oxygen atoms in total. The van der Waals surface area contributed by atoms with Gasteiger partial charge in [0.1, 0.15) is 5.82 Å². The molecule has 3 heteroatoms. The summed E-state index contributed by atoms with van der Waals surface area (Å²) in [6.07, 6.45) is 8.27. The molecule has 0 saturated heterocycles. The van der Waals surface area contributed by atoms with Crippen LogP contribution in [0, 0.1) is 11.8 Å². The van der Waals surface area contributed by atoms with Gasteiger partial charge < -0.3 is 5.32 Å². The van der Waals surface area contributed by atoms with Gasteiger partial charge in [-0.2, -0.15) is 0 Å². The highest BCUT2D eigenvalue weighted by Gasteiger charge is 2.28. The first-order valence-corrected chi connectivity index (χ1v) is 7.77. The van der Waals surface area contributed by atoms with Gasteiger partial charge in [0, 0.05) is 17.8 Å². The van der Waals surface area contributed by atoms with Gasteiger partial charge in [0.25, 0.3) is 0 Å². The maximum atomic E-state index is 4.79. The molecule has 0 bridgehead atoms. The molecule has 0 amide bonds. The molecule has 0 aromatic carbocycles. The molecule has 1 heterocycles. The van der Waals surface area contributed by atoms with Crippen molar-refractivity contribution in [1.82, 2.24) is 15.3 Å². The summed E-state index contributed by atoms with van der Waals surface area (Å²) in [5, 5.41) is 3.58. The predicted octanol–water partition coefficient (Wildman–Crippen LogP) is 2.70. The van der Waals surface area contributed by atoms with E-state index in [2.05, 4.69) is 30.3 Å². The fraction of sp³-hybridized carbons (Fsp3) is 0.750. The van der Waals surface area contributed by atoms with E-state index in [0.29, 0.717) is 5.92 Å². The van der Waals surface area contributed by atoms with Crippen LogP contribution in [0.25, 0.3) is 0 Å². The second kappa shape index (κ2) is 5.58. The van der Waals surface area contributed by atoms with E-state index in [9.17, 15) is 0 Å². The number of hydrogen-bond donors (Lipinski definition) is 1. The fourth-order valence-corrected chi connectivity index (χ4v) is 2.89. The van der Waals surface area contributed by atoms with E-state index >= 15 is 0 Å². The van der Waals surface area contributed by atoms with Gasteiger partial charge in [-0.05, 0) is 62.6 Å². The summed E-state index contributed by atoms with van der Waals surface area (Å²) in [6, 6.07) is 0.